The van der Waals surface area contributed by atoms with Crippen molar-refractivity contribution in [3.05, 3.63) is 41.3 Å². The monoisotopic (exact) mass is 327 g/mol. The van der Waals surface area contributed by atoms with Gasteiger partial charge in [0.15, 0.2) is 5.69 Å². The molecule has 0 spiro atoms. The van der Waals surface area contributed by atoms with Gasteiger partial charge in [-0.2, -0.15) is 5.10 Å². The van der Waals surface area contributed by atoms with Crippen molar-refractivity contribution in [3.8, 4) is 0 Å². The lowest BCUT2D eigenvalue weighted by atomic mass is 9.91. The minimum atomic E-state index is 0.0397. The highest BCUT2D eigenvalue weighted by molar-refractivity contribution is 5.92. The fourth-order valence-corrected chi connectivity index (χ4v) is 3.37. The number of nitrogens with zero attached hydrogens (tertiary/aromatic N) is 4. The van der Waals surface area contributed by atoms with E-state index in [1.54, 1.807) is 0 Å². The first kappa shape index (κ1) is 16.5. The summed E-state index contributed by atoms with van der Waals surface area (Å²) in [5.41, 5.74) is 2.82. The summed E-state index contributed by atoms with van der Waals surface area (Å²) < 4.78 is 1.87. The van der Waals surface area contributed by atoms with E-state index in [1.165, 1.54) is 5.56 Å². The van der Waals surface area contributed by atoms with Gasteiger partial charge in [0.05, 0.1) is 0 Å². The highest BCUT2D eigenvalue weighted by Crippen LogP contribution is 2.28. The molecular formula is C18H25N5O. The van der Waals surface area contributed by atoms with Crippen LogP contribution < -0.4 is 5.32 Å². The van der Waals surface area contributed by atoms with E-state index >= 15 is 0 Å². The van der Waals surface area contributed by atoms with Crippen LogP contribution in [0.1, 0.15) is 47.4 Å². The van der Waals surface area contributed by atoms with Crippen LogP contribution >= 0.6 is 0 Å². The molecule has 1 aliphatic rings. The van der Waals surface area contributed by atoms with E-state index in [0.29, 0.717) is 11.6 Å². The third-order valence-electron chi connectivity index (χ3n) is 4.72. The molecule has 1 fully saturated rings. The maximum atomic E-state index is 12.8. The van der Waals surface area contributed by atoms with Crippen LogP contribution in [0.3, 0.4) is 0 Å². The van der Waals surface area contributed by atoms with E-state index in [0.717, 1.165) is 44.0 Å². The third-order valence-corrected chi connectivity index (χ3v) is 4.72. The number of hydrogen-bond acceptors (Lipinski definition) is 4. The van der Waals surface area contributed by atoms with E-state index in [-0.39, 0.29) is 5.91 Å². The Kier molecular flexibility index (Phi) is 4.83. The zero-order chi connectivity index (χ0) is 17.1. The molecule has 1 saturated heterocycles. The summed E-state index contributed by atoms with van der Waals surface area (Å²) in [7, 11) is 1.87. The second-order valence-corrected chi connectivity index (χ2v) is 6.30. The van der Waals surface area contributed by atoms with Gasteiger partial charge in [0.25, 0.3) is 5.91 Å². The second kappa shape index (κ2) is 7.03. The fraction of sp³-hybridized carbons (Fsp3) is 0.500. The molecule has 0 aromatic carbocycles. The number of pyridine rings is 1. The van der Waals surface area contributed by atoms with Crippen LogP contribution in [0.5, 0.6) is 0 Å². The molecule has 0 unspecified atom stereocenters. The van der Waals surface area contributed by atoms with E-state index < -0.39 is 0 Å². The lowest BCUT2D eigenvalue weighted by molar-refractivity contribution is 0.0700. The van der Waals surface area contributed by atoms with Crippen LogP contribution in [-0.4, -0.2) is 45.7 Å². The van der Waals surface area contributed by atoms with Crippen molar-refractivity contribution in [3.63, 3.8) is 0 Å². The van der Waals surface area contributed by atoms with Gasteiger partial charge in [-0.1, -0.05) is 0 Å². The molecule has 1 atom stereocenters. The summed E-state index contributed by atoms with van der Waals surface area (Å²) in [5, 5.41) is 7.51. The molecule has 3 heterocycles. The minimum Gasteiger partial charge on any atom is -0.373 e. The van der Waals surface area contributed by atoms with Gasteiger partial charge in [-0.25, -0.2) is 4.98 Å². The molecule has 1 amide bonds. The lowest BCUT2D eigenvalue weighted by Gasteiger charge is -2.32. The number of hydrogen-bond donors (Lipinski definition) is 1. The number of carbonyl (C=O) groups excluding carboxylic acids is 1. The molecule has 24 heavy (non-hydrogen) atoms. The summed E-state index contributed by atoms with van der Waals surface area (Å²) in [4.78, 5) is 19.0. The van der Waals surface area contributed by atoms with Gasteiger partial charge in [-0.05, 0) is 50.5 Å². The Labute approximate surface area is 142 Å². The van der Waals surface area contributed by atoms with E-state index in [4.69, 9.17) is 0 Å². The largest absolute Gasteiger partial charge is 0.373 e. The Balaban J connectivity index is 1.75. The van der Waals surface area contributed by atoms with Crippen molar-refractivity contribution in [1.82, 2.24) is 19.7 Å². The number of rotatable bonds is 4. The molecule has 128 valence electrons. The van der Waals surface area contributed by atoms with Crippen molar-refractivity contribution in [1.29, 1.82) is 0 Å². The first-order valence-electron chi connectivity index (χ1n) is 8.59. The number of aromatic nitrogens is 3. The maximum absolute atomic E-state index is 12.8. The number of piperidine rings is 1. The zero-order valence-electron chi connectivity index (χ0n) is 14.6. The van der Waals surface area contributed by atoms with Gasteiger partial charge in [0.2, 0.25) is 0 Å². The van der Waals surface area contributed by atoms with Crippen molar-refractivity contribution >= 4 is 11.7 Å². The predicted octanol–water partition coefficient (Wildman–Crippen LogP) is 2.67. The number of anilines is 1. The van der Waals surface area contributed by atoms with Crippen LogP contribution in [0.15, 0.2) is 24.4 Å². The molecule has 0 radical (unpaired) electrons. The first-order valence-corrected chi connectivity index (χ1v) is 8.59. The normalized spacial score (nSPS) is 17.8. The zero-order valence-corrected chi connectivity index (χ0v) is 14.6. The standard InChI is InChI=1S/C18H25N5O/c1-4-23-13(2)10-16(21-23)18(24)22-9-5-6-15(12-22)14-7-8-20-17(11-14)19-3/h7-8,10-11,15H,4-6,9,12H2,1-3H3,(H,19,20)/t15-/m1/s1. The molecular weight excluding hydrogens is 302 g/mol. The molecule has 1 N–H and O–H groups in total. The van der Waals surface area contributed by atoms with Gasteiger partial charge < -0.3 is 10.2 Å². The molecule has 0 aliphatic carbocycles. The third kappa shape index (κ3) is 3.27. The van der Waals surface area contributed by atoms with E-state index in [1.807, 2.05) is 42.7 Å². The van der Waals surface area contributed by atoms with Crippen molar-refractivity contribution in [2.24, 2.45) is 0 Å². The molecule has 0 bridgehead atoms. The number of likely N-dealkylation sites (tertiary alicyclic amines) is 1. The van der Waals surface area contributed by atoms with Crippen molar-refractivity contribution < 1.29 is 4.79 Å². The number of amides is 1. The fourth-order valence-electron chi connectivity index (χ4n) is 3.37. The van der Waals surface area contributed by atoms with Crippen molar-refractivity contribution in [2.45, 2.75) is 39.2 Å². The van der Waals surface area contributed by atoms with Gasteiger partial charge in [-0.3, -0.25) is 9.48 Å². The number of nitrogens with one attached hydrogen (secondary N) is 1. The Hall–Kier alpha value is -2.37. The second-order valence-electron chi connectivity index (χ2n) is 6.30. The molecule has 1 aliphatic heterocycles. The number of carbonyl (C=O) groups is 1. The maximum Gasteiger partial charge on any atom is 0.274 e. The molecule has 6 heteroatoms. The SMILES string of the molecule is CCn1nc(C(=O)N2CCC[C@@H](c3ccnc(NC)c3)C2)cc1C. The summed E-state index contributed by atoms with van der Waals surface area (Å²) in [6.07, 6.45) is 3.94. The summed E-state index contributed by atoms with van der Waals surface area (Å²) >= 11 is 0. The average molecular weight is 327 g/mol. The van der Waals surface area contributed by atoms with Crippen molar-refractivity contribution in [2.75, 3.05) is 25.5 Å². The van der Waals surface area contributed by atoms with Gasteiger partial charge in [0.1, 0.15) is 5.82 Å². The molecule has 2 aromatic rings. The number of aryl methyl sites for hydroxylation is 2. The van der Waals surface area contributed by atoms with E-state index in [2.05, 4.69) is 27.5 Å². The quantitative estimate of drug-likeness (QED) is 0.938. The Morgan fingerprint density at radius 1 is 1.42 bits per heavy atom. The van der Waals surface area contributed by atoms with Gasteiger partial charge in [-0.15, -0.1) is 0 Å². The predicted molar refractivity (Wildman–Crippen MR) is 94.3 cm³/mol. The Morgan fingerprint density at radius 3 is 2.96 bits per heavy atom. The van der Waals surface area contributed by atoms with Crippen LogP contribution in [0.25, 0.3) is 0 Å². The average Bonchev–Trinajstić information content (AvgIpc) is 3.02. The first-order chi connectivity index (χ1) is 11.6. The van der Waals surface area contributed by atoms with E-state index in [9.17, 15) is 4.79 Å². The minimum absolute atomic E-state index is 0.0397. The molecule has 6 nitrogen and oxygen atoms in total. The summed E-state index contributed by atoms with van der Waals surface area (Å²) in [6, 6.07) is 6.02. The summed E-state index contributed by atoms with van der Waals surface area (Å²) in [5.74, 6) is 1.26. The molecule has 3 rings (SSSR count). The highest BCUT2D eigenvalue weighted by Gasteiger charge is 2.27. The highest BCUT2D eigenvalue weighted by atomic mass is 16.2. The summed E-state index contributed by atoms with van der Waals surface area (Å²) in [6.45, 7) is 6.35. The Bertz CT molecular complexity index is 724. The van der Waals surface area contributed by atoms with Gasteiger partial charge >= 0.3 is 0 Å². The smallest absolute Gasteiger partial charge is 0.274 e. The van der Waals surface area contributed by atoms with Crippen LogP contribution in [0.2, 0.25) is 0 Å². The topological polar surface area (TPSA) is 63.1 Å². The Morgan fingerprint density at radius 2 is 2.25 bits per heavy atom. The molecule has 2 aromatic heterocycles. The van der Waals surface area contributed by atoms with Crippen LogP contribution in [0.4, 0.5) is 5.82 Å². The van der Waals surface area contributed by atoms with Gasteiger partial charge in [0, 0.05) is 44.5 Å². The lowest BCUT2D eigenvalue weighted by Crippen LogP contribution is -2.39. The van der Waals surface area contributed by atoms with Crippen LogP contribution in [0, 0.1) is 6.92 Å². The molecule has 0 saturated carbocycles. The van der Waals surface area contributed by atoms with Crippen LogP contribution in [-0.2, 0) is 6.54 Å².